The maximum Gasteiger partial charge on any atom is 0.387 e. The first-order chi connectivity index (χ1) is 19.6. The lowest BCUT2D eigenvalue weighted by Gasteiger charge is -2.26. The number of hydrogen-bond acceptors (Lipinski definition) is 8. The van der Waals surface area contributed by atoms with Crippen LogP contribution in [-0.4, -0.2) is 56.8 Å². The van der Waals surface area contributed by atoms with E-state index in [4.69, 9.17) is 5.41 Å². The number of ether oxygens (including phenoxy) is 1. The number of nitrogens with one attached hydrogen (secondary N) is 4. The molecule has 0 radical (unpaired) electrons. The lowest BCUT2D eigenvalue weighted by atomic mass is 10.0. The Kier molecular flexibility index (Phi) is 12.9. The van der Waals surface area contributed by atoms with Crippen LogP contribution >= 0.6 is 12.3 Å². The molecule has 0 saturated carbocycles. The van der Waals surface area contributed by atoms with Gasteiger partial charge in [0.15, 0.2) is 18.0 Å². The fourth-order valence-electron chi connectivity index (χ4n) is 4.07. The number of amides is 1. The highest BCUT2D eigenvalue weighted by Crippen LogP contribution is 2.29. The third-order valence-electron chi connectivity index (χ3n) is 5.71. The topological polar surface area (TPSA) is 117 Å². The number of carbonyl (C=O) groups is 1. The molecule has 0 spiro atoms. The Morgan fingerprint density at radius 2 is 1.83 bits per heavy atom. The summed E-state index contributed by atoms with van der Waals surface area (Å²) >= 11 is -0.128. The average Bonchev–Trinajstić information content (AvgIpc) is 3.33. The maximum absolute atomic E-state index is 13.6. The number of aromatic nitrogens is 3. The van der Waals surface area contributed by atoms with Gasteiger partial charge in [0.25, 0.3) is 5.91 Å². The maximum atomic E-state index is 13.6. The molecule has 1 aliphatic rings. The Morgan fingerprint density at radius 1 is 1.17 bits per heavy atom. The third-order valence-corrected chi connectivity index (χ3v) is 6.14. The van der Waals surface area contributed by atoms with Crippen molar-refractivity contribution in [2.45, 2.75) is 79.5 Å². The highest BCUT2D eigenvalue weighted by atomic mass is 32.2. The van der Waals surface area contributed by atoms with Crippen molar-refractivity contribution in [2.24, 2.45) is 0 Å². The molecule has 1 aromatic carbocycles. The molecule has 0 aliphatic carbocycles. The van der Waals surface area contributed by atoms with Gasteiger partial charge in [0.2, 0.25) is 0 Å². The van der Waals surface area contributed by atoms with Crippen molar-refractivity contribution in [3.8, 4) is 5.75 Å². The molecular weight excluding hydrogens is 555 g/mol. The monoisotopic (exact) mass is 595 g/mol. The molecule has 1 fully saturated rings. The summed E-state index contributed by atoms with van der Waals surface area (Å²) in [4.78, 5) is 21.6. The van der Waals surface area contributed by atoms with E-state index in [0.717, 1.165) is 29.9 Å². The lowest BCUT2D eigenvalue weighted by molar-refractivity contribution is -0.0498. The van der Waals surface area contributed by atoms with Crippen molar-refractivity contribution in [3.63, 3.8) is 0 Å². The lowest BCUT2D eigenvalue weighted by Crippen LogP contribution is -2.40. The Morgan fingerprint density at radius 3 is 2.41 bits per heavy atom. The number of rotatable bonds is 8. The smallest absolute Gasteiger partial charge is 0.387 e. The Hall–Kier alpha value is -3.32. The van der Waals surface area contributed by atoms with Crippen LogP contribution in [0.25, 0.3) is 11.2 Å². The molecule has 1 amide bonds. The SMILES string of the molecule is CC.CC.CC(C)(C)NC(=O)c1cn(SF)c2ncc(C(=N)c3cc(OC(F)F)ccc3NC3CCNCC3)nc12. The van der Waals surface area contributed by atoms with Crippen molar-refractivity contribution in [1.82, 2.24) is 24.6 Å². The fourth-order valence-corrected chi connectivity index (χ4v) is 4.41. The summed E-state index contributed by atoms with van der Waals surface area (Å²) in [5.41, 5.74) is 0.586. The van der Waals surface area contributed by atoms with E-state index >= 15 is 0 Å². The molecule has 0 bridgehead atoms. The zero-order valence-electron chi connectivity index (χ0n) is 24.6. The Labute approximate surface area is 244 Å². The second-order valence-electron chi connectivity index (χ2n) is 9.70. The molecule has 3 aromatic rings. The van der Waals surface area contributed by atoms with Crippen molar-refractivity contribution in [1.29, 1.82) is 5.41 Å². The normalized spacial score (nSPS) is 13.5. The Balaban J connectivity index is 0.00000141. The van der Waals surface area contributed by atoms with Crippen molar-refractivity contribution < 1.29 is 22.2 Å². The molecular formula is C28H40F3N7O2S. The van der Waals surface area contributed by atoms with Crippen LogP contribution in [0, 0.1) is 5.41 Å². The zero-order chi connectivity index (χ0) is 30.7. The molecule has 2 aromatic heterocycles. The van der Waals surface area contributed by atoms with Gasteiger partial charge in [-0.05, 0) is 64.9 Å². The van der Waals surface area contributed by atoms with E-state index in [1.54, 1.807) is 6.07 Å². The molecule has 9 nitrogen and oxygen atoms in total. The fraction of sp³-hybridized carbons (Fsp3) is 0.500. The quantitative estimate of drug-likeness (QED) is 0.218. The third kappa shape index (κ3) is 9.09. The predicted octanol–water partition coefficient (Wildman–Crippen LogP) is 6.57. The largest absolute Gasteiger partial charge is 0.435 e. The minimum Gasteiger partial charge on any atom is -0.435 e. The molecule has 0 unspecified atom stereocenters. The summed E-state index contributed by atoms with van der Waals surface area (Å²) < 4.78 is 45.0. The van der Waals surface area contributed by atoms with Gasteiger partial charge >= 0.3 is 6.61 Å². The molecule has 1 saturated heterocycles. The van der Waals surface area contributed by atoms with Gasteiger partial charge in [0, 0.05) is 29.0 Å². The Bertz CT molecular complexity index is 1310. The van der Waals surface area contributed by atoms with Gasteiger partial charge in [-0.1, -0.05) is 27.7 Å². The van der Waals surface area contributed by atoms with Crippen LogP contribution < -0.4 is 20.7 Å². The number of nitrogens with zero attached hydrogens (tertiary/aromatic N) is 3. The highest BCUT2D eigenvalue weighted by molar-refractivity contribution is 7.92. The summed E-state index contributed by atoms with van der Waals surface area (Å²) in [6.07, 6.45) is 4.30. The summed E-state index contributed by atoms with van der Waals surface area (Å²) in [5, 5.41) is 18.4. The molecule has 1 aliphatic heterocycles. The summed E-state index contributed by atoms with van der Waals surface area (Å²) in [7, 11) is 0. The summed E-state index contributed by atoms with van der Waals surface area (Å²) in [5.74, 6) is -0.575. The number of alkyl halides is 2. The first kappa shape index (κ1) is 33.9. The van der Waals surface area contributed by atoms with Crippen LogP contribution in [0.4, 0.5) is 18.4 Å². The van der Waals surface area contributed by atoms with Crippen LogP contribution in [0.3, 0.4) is 0 Å². The number of fused-ring (bicyclic) bond motifs is 1. The van der Waals surface area contributed by atoms with E-state index in [1.165, 1.54) is 24.5 Å². The molecule has 13 heteroatoms. The average molecular weight is 596 g/mol. The number of halogens is 3. The van der Waals surface area contributed by atoms with Gasteiger partial charge in [0.05, 0.1) is 17.5 Å². The highest BCUT2D eigenvalue weighted by Gasteiger charge is 2.24. The van der Waals surface area contributed by atoms with Crippen LogP contribution in [0.5, 0.6) is 5.75 Å². The number of carbonyl (C=O) groups excluding carboxylic acids is 1. The molecule has 3 heterocycles. The van der Waals surface area contributed by atoms with E-state index in [0.29, 0.717) is 5.69 Å². The molecule has 4 N–H and O–H groups in total. The van der Waals surface area contributed by atoms with E-state index in [9.17, 15) is 17.5 Å². The van der Waals surface area contributed by atoms with E-state index in [2.05, 4.69) is 30.7 Å². The standard InChI is InChI=1S/C24H28F3N7O2S.2C2H6/c1-24(2,3)33-22(35)16-12-34(37-27)21-20(16)32-18(11-30-21)19(28)15-10-14(36-23(25)26)4-5-17(15)31-13-6-8-29-9-7-13;2*1-2/h4-5,10-13,23,28-29,31H,6-9H2,1-3H3,(H,33,35);2*1-2H3. The van der Waals surface area contributed by atoms with Crippen molar-refractivity contribution in [2.75, 3.05) is 18.4 Å². The number of benzene rings is 1. The molecule has 41 heavy (non-hydrogen) atoms. The number of piperidine rings is 1. The summed E-state index contributed by atoms with van der Waals surface area (Å²) in [6, 6.07) is 4.48. The first-order valence-electron chi connectivity index (χ1n) is 13.7. The molecule has 226 valence electrons. The van der Waals surface area contributed by atoms with Gasteiger partial charge in [-0.2, -0.15) is 8.78 Å². The minimum absolute atomic E-state index is 0.0847. The van der Waals surface area contributed by atoms with Gasteiger partial charge in [-0.15, -0.1) is 3.89 Å². The second kappa shape index (κ2) is 15.6. The van der Waals surface area contributed by atoms with E-state index in [-0.39, 0.29) is 57.8 Å². The second-order valence-corrected chi connectivity index (χ2v) is 10.2. The van der Waals surface area contributed by atoms with Gasteiger partial charge in [0.1, 0.15) is 17.0 Å². The van der Waals surface area contributed by atoms with E-state index in [1.807, 2.05) is 48.5 Å². The first-order valence-corrected chi connectivity index (χ1v) is 14.4. The number of anilines is 1. The van der Waals surface area contributed by atoms with Crippen LogP contribution in [0.1, 0.15) is 82.9 Å². The molecule has 0 atom stereocenters. The zero-order valence-corrected chi connectivity index (χ0v) is 25.4. The van der Waals surface area contributed by atoms with Crippen molar-refractivity contribution in [3.05, 3.63) is 47.4 Å². The molecule has 4 rings (SSSR count). The van der Waals surface area contributed by atoms with Gasteiger partial charge < -0.3 is 20.7 Å². The van der Waals surface area contributed by atoms with Crippen LogP contribution in [-0.2, 0) is 0 Å². The van der Waals surface area contributed by atoms with Gasteiger partial charge in [-0.25, -0.2) is 13.9 Å². The van der Waals surface area contributed by atoms with E-state index < -0.39 is 18.1 Å². The summed E-state index contributed by atoms with van der Waals surface area (Å²) in [6.45, 7) is 12.1. The van der Waals surface area contributed by atoms with Gasteiger partial charge in [-0.3, -0.25) is 10.2 Å². The predicted molar refractivity (Wildman–Crippen MR) is 160 cm³/mol. The number of hydrogen-bond donors (Lipinski definition) is 4. The van der Waals surface area contributed by atoms with Crippen LogP contribution in [0.2, 0.25) is 0 Å². The van der Waals surface area contributed by atoms with Crippen molar-refractivity contribution >= 4 is 40.8 Å². The van der Waals surface area contributed by atoms with Crippen LogP contribution in [0.15, 0.2) is 30.6 Å². The minimum atomic E-state index is -3.02.